The third kappa shape index (κ3) is 2.52. The minimum atomic E-state index is -0.0699. The topological polar surface area (TPSA) is 51.7 Å². The predicted molar refractivity (Wildman–Crippen MR) is 71.3 cm³/mol. The van der Waals surface area contributed by atoms with E-state index in [0.29, 0.717) is 12.3 Å². The van der Waals surface area contributed by atoms with E-state index in [-0.39, 0.29) is 17.6 Å². The molecule has 1 amide bonds. The lowest BCUT2D eigenvalue weighted by atomic mass is 9.88. The first-order valence-corrected chi connectivity index (χ1v) is 7.51. The number of hydrogen-bond donors (Lipinski definition) is 0. The molecule has 6 heteroatoms. The Kier molecular flexibility index (Phi) is 3.56. The monoisotopic (exact) mass is 282 g/mol. The van der Waals surface area contributed by atoms with Gasteiger partial charge in [-0.25, -0.2) is 4.98 Å². The Labute approximate surface area is 116 Å². The molecule has 2 fully saturated rings. The number of nitrogens with zero attached hydrogens (tertiary/aromatic N) is 2. The van der Waals surface area contributed by atoms with Crippen LogP contribution in [0.4, 0.5) is 0 Å². The molecule has 0 bridgehead atoms. The van der Waals surface area contributed by atoms with Crippen molar-refractivity contribution in [3.8, 4) is 0 Å². The van der Waals surface area contributed by atoms with Crippen molar-refractivity contribution in [1.82, 2.24) is 9.88 Å². The van der Waals surface area contributed by atoms with E-state index in [1.54, 1.807) is 18.0 Å². The SMILES string of the molecule is COC1COC2(CCN(C(=O)c3cscn3)CC2)C1. The zero-order valence-corrected chi connectivity index (χ0v) is 11.8. The van der Waals surface area contributed by atoms with Crippen molar-refractivity contribution in [2.24, 2.45) is 0 Å². The fourth-order valence-corrected chi connectivity index (χ4v) is 3.43. The summed E-state index contributed by atoms with van der Waals surface area (Å²) in [5.74, 6) is 0.0392. The maximum absolute atomic E-state index is 12.2. The lowest BCUT2D eigenvalue weighted by molar-refractivity contribution is -0.0402. The third-order valence-corrected chi connectivity index (χ3v) is 4.71. The molecule has 1 aromatic rings. The molecule has 0 N–H and O–H groups in total. The first-order valence-electron chi connectivity index (χ1n) is 6.57. The molecule has 2 aliphatic rings. The first-order chi connectivity index (χ1) is 9.22. The van der Waals surface area contributed by atoms with Crippen LogP contribution in [0.2, 0.25) is 0 Å². The molecule has 2 aliphatic heterocycles. The van der Waals surface area contributed by atoms with E-state index in [4.69, 9.17) is 9.47 Å². The van der Waals surface area contributed by atoms with E-state index in [0.717, 1.165) is 32.4 Å². The minimum Gasteiger partial charge on any atom is -0.379 e. The number of hydrogen-bond acceptors (Lipinski definition) is 5. The van der Waals surface area contributed by atoms with E-state index in [1.807, 2.05) is 4.90 Å². The van der Waals surface area contributed by atoms with Crippen LogP contribution in [-0.4, -0.2) is 54.3 Å². The summed E-state index contributed by atoms with van der Waals surface area (Å²) in [5.41, 5.74) is 2.18. The number of piperidine rings is 1. The highest BCUT2D eigenvalue weighted by atomic mass is 32.1. The average Bonchev–Trinajstić information content (AvgIpc) is 3.09. The molecule has 1 atom stereocenters. The van der Waals surface area contributed by atoms with Crippen LogP contribution in [0.25, 0.3) is 0 Å². The molecule has 1 unspecified atom stereocenters. The fraction of sp³-hybridized carbons (Fsp3) is 0.692. The lowest BCUT2D eigenvalue weighted by Crippen LogP contribution is -2.46. The van der Waals surface area contributed by atoms with Gasteiger partial charge in [0.2, 0.25) is 0 Å². The number of carbonyl (C=O) groups excluding carboxylic acids is 1. The standard InChI is InChI=1S/C13H18N2O3S/c1-17-10-6-13(18-7-10)2-4-15(5-3-13)12(16)11-8-19-9-14-11/h8-10H,2-7H2,1H3. The second-order valence-corrected chi connectivity index (χ2v) is 5.94. The highest BCUT2D eigenvalue weighted by molar-refractivity contribution is 7.07. The highest BCUT2D eigenvalue weighted by Gasteiger charge is 2.43. The Bertz CT molecular complexity index is 441. The zero-order valence-electron chi connectivity index (χ0n) is 11.0. The van der Waals surface area contributed by atoms with E-state index in [9.17, 15) is 4.79 Å². The van der Waals surface area contributed by atoms with Crippen LogP contribution in [0, 0.1) is 0 Å². The van der Waals surface area contributed by atoms with Crippen molar-refractivity contribution in [2.75, 3.05) is 26.8 Å². The van der Waals surface area contributed by atoms with Gasteiger partial charge in [-0.3, -0.25) is 4.79 Å². The van der Waals surface area contributed by atoms with Crippen LogP contribution >= 0.6 is 11.3 Å². The minimum absolute atomic E-state index is 0.0392. The Hall–Kier alpha value is -0.980. The number of likely N-dealkylation sites (tertiary alicyclic amines) is 1. The van der Waals surface area contributed by atoms with Crippen LogP contribution < -0.4 is 0 Å². The van der Waals surface area contributed by atoms with Crippen molar-refractivity contribution in [3.05, 3.63) is 16.6 Å². The second-order valence-electron chi connectivity index (χ2n) is 5.22. The maximum atomic E-state index is 12.2. The number of methoxy groups -OCH3 is 1. The van der Waals surface area contributed by atoms with E-state index in [2.05, 4.69) is 4.98 Å². The number of carbonyl (C=O) groups is 1. The zero-order chi connectivity index (χ0) is 13.3. The number of aromatic nitrogens is 1. The summed E-state index contributed by atoms with van der Waals surface area (Å²) in [4.78, 5) is 18.1. The smallest absolute Gasteiger partial charge is 0.273 e. The average molecular weight is 282 g/mol. The van der Waals surface area contributed by atoms with E-state index >= 15 is 0 Å². The molecule has 3 rings (SSSR count). The highest BCUT2D eigenvalue weighted by Crippen LogP contribution is 2.37. The summed E-state index contributed by atoms with van der Waals surface area (Å²) in [5, 5.41) is 1.81. The summed E-state index contributed by atoms with van der Waals surface area (Å²) in [6.07, 6.45) is 2.94. The van der Waals surface area contributed by atoms with Crippen molar-refractivity contribution < 1.29 is 14.3 Å². The molecule has 2 saturated heterocycles. The quantitative estimate of drug-likeness (QED) is 0.826. The number of rotatable bonds is 2. The number of thiazole rings is 1. The Balaban J connectivity index is 1.59. The first kappa shape index (κ1) is 13.0. The molecule has 0 aromatic carbocycles. The Morgan fingerprint density at radius 3 is 2.95 bits per heavy atom. The number of amides is 1. The molecule has 1 aromatic heterocycles. The van der Waals surface area contributed by atoms with Crippen molar-refractivity contribution in [3.63, 3.8) is 0 Å². The molecule has 0 aliphatic carbocycles. The normalized spacial score (nSPS) is 25.9. The van der Waals surface area contributed by atoms with Crippen molar-refractivity contribution in [2.45, 2.75) is 31.0 Å². The molecule has 3 heterocycles. The van der Waals surface area contributed by atoms with Gasteiger partial charge < -0.3 is 14.4 Å². The molecule has 104 valence electrons. The van der Waals surface area contributed by atoms with Gasteiger partial charge in [0, 0.05) is 32.0 Å². The molecular formula is C13H18N2O3S. The van der Waals surface area contributed by atoms with Crippen molar-refractivity contribution in [1.29, 1.82) is 0 Å². The predicted octanol–water partition coefficient (Wildman–Crippen LogP) is 1.55. The fourth-order valence-electron chi connectivity index (χ4n) is 2.90. The van der Waals surface area contributed by atoms with Gasteiger partial charge in [0.05, 0.1) is 23.8 Å². The van der Waals surface area contributed by atoms with Crippen LogP contribution in [-0.2, 0) is 9.47 Å². The molecular weight excluding hydrogens is 264 g/mol. The van der Waals surface area contributed by atoms with Gasteiger partial charge in [0.15, 0.2) is 0 Å². The molecule has 0 saturated carbocycles. The van der Waals surface area contributed by atoms with Gasteiger partial charge in [-0.2, -0.15) is 0 Å². The summed E-state index contributed by atoms with van der Waals surface area (Å²) in [6.45, 7) is 2.16. The number of ether oxygens (including phenoxy) is 2. The van der Waals surface area contributed by atoms with Gasteiger partial charge in [-0.1, -0.05) is 0 Å². The summed E-state index contributed by atoms with van der Waals surface area (Å²) >= 11 is 1.45. The summed E-state index contributed by atoms with van der Waals surface area (Å²) < 4.78 is 11.3. The van der Waals surface area contributed by atoms with Crippen LogP contribution in [0.5, 0.6) is 0 Å². The molecule has 19 heavy (non-hydrogen) atoms. The second kappa shape index (κ2) is 5.19. The Morgan fingerprint density at radius 1 is 1.58 bits per heavy atom. The van der Waals surface area contributed by atoms with Crippen molar-refractivity contribution >= 4 is 17.2 Å². The molecule has 0 radical (unpaired) electrons. The maximum Gasteiger partial charge on any atom is 0.273 e. The largest absolute Gasteiger partial charge is 0.379 e. The summed E-state index contributed by atoms with van der Waals surface area (Å²) in [7, 11) is 1.73. The van der Waals surface area contributed by atoms with E-state index < -0.39 is 0 Å². The third-order valence-electron chi connectivity index (χ3n) is 4.12. The van der Waals surface area contributed by atoms with Gasteiger partial charge in [-0.05, 0) is 12.8 Å². The molecule has 5 nitrogen and oxygen atoms in total. The summed E-state index contributed by atoms with van der Waals surface area (Å²) in [6, 6.07) is 0. The van der Waals surface area contributed by atoms with Crippen LogP contribution in [0.15, 0.2) is 10.9 Å². The van der Waals surface area contributed by atoms with Gasteiger partial charge in [-0.15, -0.1) is 11.3 Å². The van der Waals surface area contributed by atoms with Gasteiger partial charge >= 0.3 is 0 Å². The molecule has 1 spiro atoms. The van der Waals surface area contributed by atoms with E-state index in [1.165, 1.54) is 11.3 Å². The lowest BCUT2D eigenvalue weighted by Gasteiger charge is -2.38. The van der Waals surface area contributed by atoms with Gasteiger partial charge in [0.25, 0.3) is 5.91 Å². The Morgan fingerprint density at radius 2 is 2.37 bits per heavy atom. The van der Waals surface area contributed by atoms with Crippen LogP contribution in [0.3, 0.4) is 0 Å². The van der Waals surface area contributed by atoms with Crippen LogP contribution in [0.1, 0.15) is 29.8 Å². The van der Waals surface area contributed by atoms with Gasteiger partial charge in [0.1, 0.15) is 5.69 Å².